The van der Waals surface area contributed by atoms with Gasteiger partial charge in [-0.05, 0) is 36.8 Å². The molecule has 26 heavy (non-hydrogen) atoms. The van der Waals surface area contributed by atoms with Crippen LogP contribution in [0.3, 0.4) is 0 Å². The maximum Gasteiger partial charge on any atom is 0.246 e. The van der Waals surface area contributed by atoms with Gasteiger partial charge in [0.2, 0.25) is 10.0 Å². The lowest BCUT2D eigenvalue weighted by Gasteiger charge is -2.19. The van der Waals surface area contributed by atoms with E-state index in [4.69, 9.17) is 16.3 Å². The van der Waals surface area contributed by atoms with Crippen molar-refractivity contribution in [2.45, 2.75) is 17.4 Å². The van der Waals surface area contributed by atoms with E-state index in [9.17, 15) is 8.42 Å². The topological polar surface area (TPSA) is 64.4 Å². The summed E-state index contributed by atoms with van der Waals surface area (Å²) in [6, 6.07) is 12.5. The predicted molar refractivity (Wildman–Crippen MR) is 100 cm³/mol. The van der Waals surface area contributed by atoms with Gasteiger partial charge >= 0.3 is 0 Å². The van der Waals surface area contributed by atoms with Gasteiger partial charge in [0.15, 0.2) is 0 Å². The minimum atomic E-state index is -3.69. The van der Waals surface area contributed by atoms with Crippen molar-refractivity contribution in [3.8, 4) is 5.75 Å². The van der Waals surface area contributed by atoms with Gasteiger partial charge in [0.05, 0.1) is 30.5 Å². The Balaban J connectivity index is 1.65. The molecule has 0 bridgehead atoms. The molecule has 8 heteroatoms. The Hall–Kier alpha value is -2.09. The fourth-order valence-corrected chi connectivity index (χ4v) is 5.33. The molecular weight excluding hydrogens is 374 g/mol. The van der Waals surface area contributed by atoms with Crippen molar-refractivity contribution in [3.63, 3.8) is 0 Å². The minimum absolute atomic E-state index is 0.0438. The Morgan fingerprint density at radius 1 is 1.23 bits per heavy atom. The molecule has 1 aliphatic heterocycles. The van der Waals surface area contributed by atoms with Crippen LogP contribution in [0.2, 0.25) is 5.02 Å². The number of hydrogen-bond donors (Lipinski definition) is 0. The maximum atomic E-state index is 13.1. The lowest BCUT2D eigenvalue weighted by molar-refractivity contribution is 0.397. The molecule has 6 nitrogen and oxygen atoms in total. The molecule has 0 saturated carbocycles. The minimum Gasteiger partial charge on any atom is -0.495 e. The van der Waals surface area contributed by atoms with Crippen molar-refractivity contribution in [1.29, 1.82) is 0 Å². The first-order chi connectivity index (χ1) is 12.5. The summed E-state index contributed by atoms with van der Waals surface area (Å²) in [5.41, 5.74) is 1.92. The number of rotatable bonds is 4. The molecule has 0 amide bonds. The van der Waals surface area contributed by atoms with Crippen molar-refractivity contribution in [2.75, 3.05) is 20.2 Å². The van der Waals surface area contributed by atoms with Crippen LogP contribution in [0.5, 0.6) is 5.75 Å². The van der Waals surface area contributed by atoms with E-state index in [0.29, 0.717) is 23.9 Å². The highest BCUT2D eigenvalue weighted by atomic mass is 35.5. The number of ether oxygens (including phenoxy) is 1. The highest BCUT2D eigenvalue weighted by Gasteiger charge is 2.35. The van der Waals surface area contributed by atoms with Crippen LogP contribution in [0.4, 0.5) is 0 Å². The van der Waals surface area contributed by atoms with Crippen LogP contribution in [0, 0.1) is 0 Å². The molecule has 3 aromatic rings. The third-order valence-electron chi connectivity index (χ3n) is 4.74. The number of para-hydroxylation sites is 2. The van der Waals surface area contributed by atoms with Gasteiger partial charge in [-0.25, -0.2) is 13.4 Å². The molecule has 0 radical (unpaired) electrons. The van der Waals surface area contributed by atoms with Gasteiger partial charge in [-0.1, -0.05) is 23.7 Å². The van der Waals surface area contributed by atoms with E-state index < -0.39 is 10.0 Å². The molecule has 0 spiro atoms. The molecule has 1 aromatic heterocycles. The number of benzene rings is 2. The molecular formula is C18H18ClN3O3S. The zero-order valence-corrected chi connectivity index (χ0v) is 15.7. The summed E-state index contributed by atoms with van der Waals surface area (Å²) in [7, 11) is -2.24. The molecule has 1 fully saturated rings. The zero-order valence-electron chi connectivity index (χ0n) is 14.2. The van der Waals surface area contributed by atoms with Crippen LogP contribution in [0.1, 0.15) is 12.5 Å². The Morgan fingerprint density at radius 2 is 2.04 bits per heavy atom. The number of sulfonamides is 1. The van der Waals surface area contributed by atoms with Crippen LogP contribution >= 0.6 is 11.6 Å². The summed E-state index contributed by atoms with van der Waals surface area (Å²) in [6.07, 6.45) is 2.51. The molecule has 1 atom stereocenters. The van der Waals surface area contributed by atoms with Crippen LogP contribution < -0.4 is 4.74 Å². The number of aromatic nitrogens is 2. The summed E-state index contributed by atoms with van der Waals surface area (Å²) in [5.74, 6) is 0.297. The number of fused-ring (bicyclic) bond motifs is 1. The Morgan fingerprint density at radius 3 is 2.85 bits per heavy atom. The third-order valence-corrected chi connectivity index (χ3v) is 6.87. The number of nitrogens with zero attached hydrogens (tertiary/aromatic N) is 3. The summed E-state index contributed by atoms with van der Waals surface area (Å²) in [6.45, 7) is 0.827. The number of methoxy groups -OCH3 is 1. The van der Waals surface area contributed by atoms with E-state index >= 15 is 0 Å². The molecule has 0 aliphatic carbocycles. The molecule has 2 aromatic carbocycles. The van der Waals surface area contributed by atoms with Gasteiger partial charge in [0, 0.05) is 18.1 Å². The van der Waals surface area contributed by atoms with Crippen LogP contribution in [0.25, 0.3) is 11.0 Å². The first kappa shape index (κ1) is 17.3. The SMILES string of the molecule is COc1ccc(Cl)cc1S(=O)(=O)N1CCC(n2cnc3ccccc32)C1. The zero-order chi connectivity index (χ0) is 18.3. The average molecular weight is 392 g/mol. The molecule has 1 saturated heterocycles. The van der Waals surface area contributed by atoms with Gasteiger partial charge in [-0.3, -0.25) is 0 Å². The number of halogens is 1. The van der Waals surface area contributed by atoms with Gasteiger partial charge < -0.3 is 9.30 Å². The first-order valence-corrected chi connectivity index (χ1v) is 10.1. The van der Waals surface area contributed by atoms with E-state index in [1.165, 1.54) is 17.5 Å². The van der Waals surface area contributed by atoms with Gasteiger partial charge in [-0.2, -0.15) is 4.31 Å². The van der Waals surface area contributed by atoms with Crippen molar-refractivity contribution in [2.24, 2.45) is 0 Å². The quantitative estimate of drug-likeness (QED) is 0.684. The molecule has 1 unspecified atom stereocenters. The van der Waals surface area contributed by atoms with Gasteiger partial charge in [0.25, 0.3) is 0 Å². The summed E-state index contributed by atoms with van der Waals surface area (Å²) in [5, 5.41) is 0.362. The third kappa shape index (κ3) is 2.86. The fourth-order valence-electron chi connectivity index (χ4n) is 3.42. The second kappa shape index (κ2) is 6.57. The van der Waals surface area contributed by atoms with Crippen molar-refractivity contribution in [1.82, 2.24) is 13.9 Å². The van der Waals surface area contributed by atoms with E-state index in [2.05, 4.69) is 9.55 Å². The molecule has 2 heterocycles. The number of imidazole rings is 1. The van der Waals surface area contributed by atoms with E-state index in [1.54, 1.807) is 18.5 Å². The Kier molecular flexibility index (Phi) is 4.38. The lowest BCUT2D eigenvalue weighted by atomic mass is 10.2. The highest BCUT2D eigenvalue weighted by Crippen LogP contribution is 2.34. The smallest absolute Gasteiger partial charge is 0.246 e. The predicted octanol–water partition coefficient (Wildman–Crippen LogP) is 3.33. The fraction of sp³-hybridized carbons (Fsp3) is 0.278. The second-order valence-electron chi connectivity index (χ2n) is 6.24. The van der Waals surface area contributed by atoms with Crippen molar-refractivity contribution < 1.29 is 13.2 Å². The normalized spacial score (nSPS) is 18.5. The van der Waals surface area contributed by atoms with Gasteiger partial charge in [-0.15, -0.1) is 0 Å². The number of hydrogen-bond acceptors (Lipinski definition) is 4. The average Bonchev–Trinajstić information content (AvgIpc) is 3.28. The van der Waals surface area contributed by atoms with Crippen molar-refractivity contribution >= 4 is 32.7 Å². The van der Waals surface area contributed by atoms with Crippen LogP contribution in [-0.4, -0.2) is 42.5 Å². The first-order valence-electron chi connectivity index (χ1n) is 8.26. The second-order valence-corrected chi connectivity index (χ2v) is 8.58. The van der Waals surface area contributed by atoms with Gasteiger partial charge in [0.1, 0.15) is 10.6 Å². The summed E-state index contributed by atoms with van der Waals surface area (Å²) < 4.78 is 35.0. The van der Waals surface area contributed by atoms with E-state index in [-0.39, 0.29) is 10.9 Å². The Labute approximate surface area is 157 Å². The van der Waals surface area contributed by atoms with Crippen LogP contribution in [-0.2, 0) is 10.0 Å². The molecule has 136 valence electrons. The standard InChI is InChI=1S/C18H18ClN3O3S/c1-25-17-7-6-13(19)10-18(17)26(23,24)21-9-8-14(11-21)22-12-20-15-4-2-3-5-16(15)22/h2-7,10,12,14H,8-9,11H2,1H3. The molecule has 4 rings (SSSR count). The Bertz CT molecular complexity index is 1060. The summed E-state index contributed by atoms with van der Waals surface area (Å²) >= 11 is 6.01. The van der Waals surface area contributed by atoms with Crippen molar-refractivity contribution in [3.05, 3.63) is 53.8 Å². The molecule has 0 N–H and O–H groups in total. The maximum absolute atomic E-state index is 13.1. The van der Waals surface area contributed by atoms with E-state index in [1.807, 2.05) is 24.3 Å². The van der Waals surface area contributed by atoms with E-state index in [0.717, 1.165) is 17.5 Å². The molecule has 1 aliphatic rings. The monoisotopic (exact) mass is 391 g/mol. The van der Waals surface area contributed by atoms with Crippen LogP contribution in [0.15, 0.2) is 53.7 Å². The highest BCUT2D eigenvalue weighted by molar-refractivity contribution is 7.89. The summed E-state index contributed by atoms with van der Waals surface area (Å²) in [4.78, 5) is 4.51. The largest absolute Gasteiger partial charge is 0.495 e. The lowest BCUT2D eigenvalue weighted by Crippen LogP contribution is -2.29.